The number of thiophene rings is 1. The number of hydrogen-bond acceptors (Lipinski definition) is 5. The number of nitrogens with one attached hydrogen (secondary N) is 1. The molecule has 1 aliphatic heterocycles. The van der Waals surface area contributed by atoms with Crippen LogP contribution in [0.2, 0.25) is 0 Å². The van der Waals surface area contributed by atoms with Gasteiger partial charge in [0.2, 0.25) is 0 Å². The lowest BCUT2D eigenvalue weighted by Gasteiger charge is -2.31. The Labute approximate surface area is 125 Å². The maximum atomic E-state index is 12.6. The van der Waals surface area contributed by atoms with Crippen molar-refractivity contribution in [2.75, 3.05) is 33.9 Å². The van der Waals surface area contributed by atoms with Crippen LogP contribution in [0.4, 0.5) is 0 Å². The van der Waals surface area contributed by atoms with Gasteiger partial charge in [0.05, 0.1) is 6.61 Å². The maximum absolute atomic E-state index is 12.6. The van der Waals surface area contributed by atoms with Crippen LogP contribution in [0.25, 0.3) is 0 Å². The number of hydrogen-bond donors (Lipinski definition) is 1. The van der Waals surface area contributed by atoms with Crippen LogP contribution in [0.15, 0.2) is 15.7 Å². The lowest BCUT2D eigenvalue weighted by molar-refractivity contribution is 0.118. The standard InChI is InChI=1S/C13H22N2O3S2/c1-14-7-12-6-13(19-10-12)20(16,17)15-5-3-4-11(8-15)9-18-2/h6,10-11,14H,3-5,7-9H2,1-2H3. The van der Waals surface area contributed by atoms with Crippen molar-refractivity contribution in [3.8, 4) is 0 Å². The zero-order valence-electron chi connectivity index (χ0n) is 12.0. The Kier molecular flexibility index (Phi) is 5.57. The molecule has 114 valence electrons. The van der Waals surface area contributed by atoms with E-state index in [4.69, 9.17) is 4.74 Å². The molecule has 2 heterocycles. The van der Waals surface area contributed by atoms with Crippen LogP contribution < -0.4 is 5.32 Å². The number of piperidine rings is 1. The predicted octanol–water partition coefficient (Wildman–Crippen LogP) is 1.51. The summed E-state index contributed by atoms with van der Waals surface area (Å²) in [4.78, 5) is 0. The summed E-state index contributed by atoms with van der Waals surface area (Å²) in [5.41, 5.74) is 1.02. The first-order chi connectivity index (χ1) is 9.57. The summed E-state index contributed by atoms with van der Waals surface area (Å²) < 4.78 is 32.5. The quantitative estimate of drug-likeness (QED) is 0.864. The second kappa shape index (κ2) is 7.00. The normalized spacial score (nSPS) is 21.2. The molecule has 1 atom stereocenters. The molecule has 0 bridgehead atoms. The molecule has 1 aromatic rings. The SMILES string of the molecule is CNCc1csc(S(=O)(=O)N2CCCC(COC)C2)c1. The van der Waals surface area contributed by atoms with Crippen LogP contribution in [0.1, 0.15) is 18.4 Å². The third-order valence-corrected chi connectivity index (χ3v) is 6.82. The average molecular weight is 318 g/mol. The molecule has 0 amide bonds. The number of ether oxygens (including phenoxy) is 1. The van der Waals surface area contributed by atoms with Crippen molar-refractivity contribution in [1.82, 2.24) is 9.62 Å². The summed E-state index contributed by atoms with van der Waals surface area (Å²) >= 11 is 1.30. The molecule has 0 radical (unpaired) electrons. The van der Waals surface area contributed by atoms with Crippen LogP contribution in [0, 0.1) is 5.92 Å². The second-order valence-electron chi connectivity index (χ2n) is 5.13. The fourth-order valence-corrected chi connectivity index (χ4v) is 5.45. The van der Waals surface area contributed by atoms with Crippen LogP contribution in [0.3, 0.4) is 0 Å². The summed E-state index contributed by atoms with van der Waals surface area (Å²) in [7, 11) is 0.174. The topological polar surface area (TPSA) is 58.6 Å². The highest BCUT2D eigenvalue weighted by atomic mass is 32.2. The van der Waals surface area contributed by atoms with Crippen molar-refractivity contribution in [3.05, 3.63) is 17.0 Å². The molecule has 1 fully saturated rings. The van der Waals surface area contributed by atoms with E-state index in [0.29, 0.717) is 36.4 Å². The van der Waals surface area contributed by atoms with Crippen molar-refractivity contribution in [3.63, 3.8) is 0 Å². The lowest BCUT2D eigenvalue weighted by atomic mass is 10.0. The lowest BCUT2D eigenvalue weighted by Crippen LogP contribution is -2.40. The predicted molar refractivity (Wildman–Crippen MR) is 80.4 cm³/mol. The molecule has 0 saturated carbocycles. The molecule has 0 aliphatic carbocycles. The molecular formula is C13H22N2O3S2. The highest BCUT2D eigenvalue weighted by Gasteiger charge is 2.31. The van der Waals surface area contributed by atoms with Gasteiger partial charge in [0.15, 0.2) is 0 Å². The molecular weight excluding hydrogens is 296 g/mol. The smallest absolute Gasteiger partial charge is 0.252 e. The minimum atomic E-state index is -3.34. The number of nitrogens with zero attached hydrogens (tertiary/aromatic N) is 1. The van der Waals surface area contributed by atoms with E-state index in [1.807, 2.05) is 12.4 Å². The van der Waals surface area contributed by atoms with Gasteiger partial charge in [0, 0.05) is 26.7 Å². The monoisotopic (exact) mass is 318 g/mol. The van der Waals surface area contributed by atoms with Gasteiger partial charge in [-0.15, -0.1) is 11.3 Å². The van der Waals surface area contributed by atoms with E-state index in [0.717, 1.165) is 18.4 Å². The summed E-state index contributed by atoms with van der Waals surface area (Å²) in [5, 5.41) is 4.94. The molecule has 7 heteroatoms. The van der Waals surface area contributed by atoms with Crippen molar-refractivity contribution in [2.24, 2.45) is 5.92 Å². The Morgan fingerprint density at radius 1 is 1.55 bits per heavy atom. The van der Waals surface area contributed by atoms with E-state index in [1.54, 1.807) is 17.5 Å². The Bertz CT molecular complexity index is 525. The molecule has 2 rings (SSSR count). The van der Waals surface area contributed by atoms with Crippen LogP contribution in [-0.4, -0.2) is 46.6 Å². The Hall–Kier alpha value is -0.470. The van der Waals surface area contributed by atoms with Gasteiger partial charge in [0.25, 0.3) is 10.0 Å². The minimum Gasteiger partial charge on any atom is -0.384 e. The summed E-state index contributed by atoms with van der Waals surface area (Å²) in [6, 6.07) is 1.77. The average Bonchev–Trinajstić information content (AvgIpc) is 2.89. The molecule has 1 aromatic heterocycles. The largest absolute Gasteiger partial charge is 0.384 e. The Morgan fingerprint density at radius 3 is 3.05 bits per heavy atom. The van der Waals surface area contributed by atoms with Gasteiger partial charge in [0.1, 0.15) is 4.21 Å². The van der Waals surface area contributed by atoms with E-state index in [2.05, 4.69) is 5.32 Å². The van der Waals surface area contributed by atoms with Gasteiger partial charge in [-0.25, -0.2) is 8.42 Å². The van der Waals surface area contributed by atoms with Gasteiger partial charge in [-0.3, -0.25) is 0 Å². The van der Waals surface area contributed by atoms with Crippen molar-refractivity contribution >= 4 is 21.4 Å². The van der Waals surface area contributed by atoms with Gasteiger partial charge >= 0.3 is 0 Å². The van der Waals surface area contributed by atoms with Gasteiger partial charge in [-0.2, -0.15) is 4.31 Å². The highest BCUT2D eigenvalue weighted by Crippen LogP contribution is 2.28. The van der Waals surface area contributed by atoms with E-state index in [-0.39, 0.29) is 0 Å². The van der Waals surface area contributed by atoms with Gasteiger partial charge < -0.3 is 10.1 Å². The molecule has 20 heavy (non-hydrogen) atoms. The van der Waals surface area contributed by atoms with Crippen molar-refractivity contribution in [2.45, 2.75) is 23.6 Å². The molecule has 1 aliphatic rings. The number of methoxy groups -OCH3 is 1. The molecule has 1 N–H and O–H groups in total. The van der Waals surface area contributed by atoms with E-state index in [1.165, 1.54) is 11.3 Å². The molecule has 0 aromatic carbocycles. The zero-order valence-corrected chi connectivity index (χ0v) is 13.6. The molecule has 1 saturated heterocycles. The number of rotatable bonds is 6. The first-order valence-electron chi connectivity index (χ1n) is 6.79. The van der Waals surface area contributed by atoms with E-state index < -0.39 is 10.0 Å². The number of sulfonamides is 1. The van der Waals surface area contributed by atoms with Crippen molar-refractivity contribution in [1.29, 1.82) is 0 Å². The first-order valence-corrected chi connectivity index (χ1v) is 9.11. The Morgan fingerprint density at radius 2 is 2.35 bits per heavy atom. The van der Waals surface area contributed by atoms with Crippen molar-refractivity contribution < 1.29 is 13.2 Å². The molecule has 1 unspecified atom stereocenters. The van der Waals surface area contributed by atoms with Crippen LogP contribution in [-0.2, 0) is 21.3 Å². The Balaban J connectivity index is 2.12. The third kappa shape index (κ3) is 3.59. The first kappa shape index (κ1) is 15.9. The fourth-order valence-electron chi connectivity index (χ4n) is 2.53. The molecule has 0 spiro atoms. The maximum Gasteiger partial charge on any atom is 0.252 e. The fraction of sp³-hybridized carbons (Fsp3) is 0.692. The van der Waals surface area contributed by atoms with Gasteiger partial charge in [-0.1, -0.05) is 0 Å². The minimum absolute atomic E-state index is 0.306. The summed E-state index contributed by atoms with van der Waals surface area (Å²) in [6.07, 6.45) is 1.94. The second-order valence-corrected chi connectivity index (χ2v) is 8.21. The van der Waals surface area contributed by atoms with Crippen LogP contribution >= 0.6 is 11.3 Å². The van der Waals surface area contributed by atoms with E-state index in [9.17, 15) is 8.42 Å². The van der Waals surface area contributed by atoms with Crippen LogP contribution in [0.5, 0.6) is 0 Å². The van der Waals surface area contributed by atoms with E-state index >= 15 is 0 Å². The zero-order chi connectivity index (χ0) is 14.6. The van der Waals surface area contributed by atoms with Gasteiger partial charge in [-0.05, 0) is 42.8 Å². The molecule has 5 nitrogen and oxygen atoms in total. The summed E-state index contributed by atoms with van der Waals surface area (Å²) in [6.45, 7) is 2.50. The third-order valence-electron chi connectivity index (χ3n) is 3.49. The highest BCUT2D eigenvalue weighted by molar-refractivity contribution is 7.91. The summed E-state index contributed by atoms with van der Waals surface area (Å²) in [5.74, 6) is 0.306.